The highest BCUT2D eigenvalue weighted by Crippen LogP contribution is 2.27. The summed E-state index contributed by atoms with van der Waals surface area (Å²) in [5.41, 5.74) is 1.86. The molecule has 0 bridgehead atoms. The second-order valence-corrected chi connectivity index (χ2v) is 5.36. The lowest BCUT2D eigenvalue weighted by Crippen LogP contribution is -2.46. The lowest BCUT2D eigenvalue weighted by atomic mass is 10.2. The number of aromatic nitrogens is 1. The number of alkyl halides is 1. The average molecular weight is 312 g/mol. The molecular formula is C14H15Cl2N3O. The second kappa shape index (κ2) is 5.94. The van der Waals surface area contributed by atoms with Crippen LogP contribution in [0, 0.1) is 0 Å². The molecule has 0 radical (unpaired) electrons. The van der Waals surface area contributed by atoms with Crippen LogP contribution in [0.3, 0.4) is 0 Å². The standard InChI is InChI=1S/C14H15Cl2N3O/c15-9-11-10-20-14(17-11)19-7-5-18(6-8-19)13-4-2-1-3-12(13)16/h1-4,10H,5-9H2. The monoisotopic (exact) mass is 311 g/mol. The Kier molecular flexibility index (Phi) is 4.03. The third-order valence-corrected chi connectivity index (χ3v) is 4.01. The van der Waals surface area contributed by atoms with Crippen molar-refractivity contribution in [3.63, 3.8) is 0 Å². The van der Waals surface area contributed by atoms with E-state index >= 15 is 0 Å². The van der Waals surface area contributed by atoms with Crippen molar-refractivity contribution in [2.75, 3.05) is 36.0 Å². The summed E-state index contributed by atoms with van der Waals surface area (Å²) in [4.78, 5) is 8.76. The summed E-state index contributed by atoms with van der Waals surface area (Å²) < 4.78 is 5.45. The maximum Gasteiger partial charge on any atom is 0.297 e. The molecule has 0 atom stereocenters. The zero-order valence-electron chi connectivity index (χ0n) is 10.9. The van der Waals surface area contributed by atoms with Gasteiger partial charge < -0.3 is 14.2 Å². The van der Waals surface area contributed by atoms with Gasteiger partial charge in [0.05, 0.1) is 22.3 Å². The molecule has 0 N–H and O–H groups in total. The topological polar surface area (TPSA) is 32.5 Å². The highest BCUT2D eigenvalue weighted by atomic mass is 35.5. The number of halogens is 2. The first-order valence-electron chi connectivity index (χ1n) is 6.52. The molecule has 1 aliphatic rings. The molecule has 0 amide bonds. The Morgan fingerprint density at radius 1 is 1.10 bits per heavy atom. The molecule has 1 fully saturated rings. The summed E-state index contributed by atoms with van der Waals surface area (Å²) in [6.45, 7) is 3.49. The zero-order chi connectivity index (χ0) is 13.9. The van der Waals surface area contributed by atoms with Crippen molar-refractivity contribution in [2.24, 2.45) is 0 Å². The number of rotatable bonds is 3. The Balaban J connectivity index is 1.66. The van der Waals surface area contributed by atoms with Crippen molar-refractivity contribution in [1.29, 1.82) is 0 Å². The molecule has 2 aromatic rings. The van der Waals surface area contributed by atoms with E-state index < -0.39 is 0 Å². The van der Waals surface area contributed by atoms with Crippen molar-refractivity contribution >= 4 is 34.9 Å². The second-order valence-electron chi connectivity index (χ2n) is 4.68. The molecule has 20 heavy (non-hydrogen) atoms. The molecule has 4 nitrogen and oxygen atoms in total. The summed E-state index contributed by atoms with van der Waals surface area (Å²) in [5.74, 6) is 0.378. The molecule has 0 spiro atoms. The first-order chi connectivity index (χ1) is 9.78. The minimum absolute atomic E-state index is 0.378. The lowest BCUT2D eigenvalue weighted by Gasteiger charge is -2.35. The Morgan fingerprint density at radius 3 is 2.45 bits per heavy atom. The summed E-state index contributed by atoms with van der Waals surface area (Å²) in [6, 6.07) is 8.58. The number of oxazole rings is 1. The molecule has 1 aliphatic heterocycles. The van der Waals surface area contributed by atoms with Gasteiger partial charge in [0, 0.05) is 26.2 Å². The fourth-order valence-electron chi connectivity index (χ4n) is 2.35. The van der Waals surface area contributed by atoms with E-state index in [2.05, 4.69) is 20.9 Å². The van der Waals surface area contributed by atoms with Gasteiger partial charge in [-0.3, -0.25) is 0 Å². The molecule has 1 saturated heterocycles. The van der Waals surface area contributed by atoms with Crippen LogP contribution >= 0.6 is 23.2 Å². The van der Waals surface area contributed by atoms with E-state index in [4.69, 9.17) is 27.6 Å². The first kappa shape index (κ1) is 13.6. The van der Waals surface area contributed by atoms with E-state index in [1.54, 1.807) is 6.26 Å². The van der Waals surface area contributed by atoms with Crippen molar-refractivity contribution in [1.82, 2.24) is 4.98 Å². The molecule has 1 aromatic heterocycles. The molecule has 6 heteroatoms. The SMILES string of the molecule is ClCc1coc(N2CCN(c3ccccc3Cl)CC2)n1. The van der Waals surface area contributed by atoms with Crippen molar-refractivity contribution < 1.29 is 4.42 Å². The van der Waals surface area contributed by atoms with Gasteiger partial charge in [0.1, 0.15) is 6.26 Å². The zero-order valence-corrected chi connectivity index (χ0v) is 12.4. The number of hydrogen-bond acceptors (Lipinski definition) is 4. The van der Waals surface area contributed by atoms with Crippen molar-refractivity contribution in [3.8, 4) is 0 Å². The average Bonchev–Trinajstić information content (AvgIpc) is 2.97. The van der Waals surface area contributed by atoms with Crippen LogP contribution in [0.4, 0.5) is 11.7 Å². The number of benzene rings is 1. The lowest BCUT2D eigenvalue weighted by molar-refractivity contribution is 0.516. The van der Waals surface area contributed by atoms with Crippen molar-refractivity contribution in [3.05, 3.63) is 41.2 Å². The van der Waals surface area contributed by atoms with E-state index in [0.29, 0.717) is 11.9 Å². The van der Waals surface area contributed by atoms with E-state index in [0.717, 1.165) is 42.6 Å². The largest absolute Gasteiger partial charge is 0.432 e. The van der Waals surface area contributed by atoms with Crippen LogP contribution in [0.25, 0.3) is 0 Å². The van der Waals surface area contributed by atoms with Crippen LogP contribution < -0.4 is 9.80 Å². The number of para-hydroxylation sites is 1. The smallest absolute Gasteiger partial charge is 0.297 e. The van der Waals surface area contributed by atoms with E-state index in [-0.39, 0.29) is 0 Å². The predicted octanol–water partition coefficient (Wildman–Crippen LogP) is 3.39. The number of anilines is 2. The number of nitrogens with zero attached hydrogens (tertiary/aromatic N) is 3. The Hall–Kier alpha value is -1.39. The summed E-state index contributed by atoms with van der Waals surface area (Å²) in [6.07, 6.45) is 1.61. The van der Waals surface area contributed by atoms with Gasteiger partial charge in [-0.1, -0.05) is 23.7 Å². The third-order valence-electron chi connectivity index (χ3n) is 3.42. The van der Waals surface area contributed by atoms with Gasteiger partial charge in [-0.05, 0) is 12.1 Å². The normalized spacial score (nSPS) is 15.7. The van der Waals surface area contributed by atoms with Gasteiger partial charge in [0.25, 0.3) is 6.01 Å². The van der Waals surface area contributed by atoms with Gasteiger partial charge in [0.15, 0.2) is 0 Å². The number of piperazine rings is 1. The highest BCUT2D eigenvalue weighted by Gasteiger charge is 2.21. The van der Waals surface area contributed by atoms with Gasteiger partial charge in [-0.15, -0.1) is 11.6 Å². The van der Waals surface area contributed by atoms with E-state index in [1.807, 2.05) is 18.2 Å². The molecule has 0 aliphatic carbocycles. The Morgan fingerprint density at radius 2 is 1.80 bits per heavy atom. The Labute approximate surface area is 127 Å². The van der Waals surface area contributed by atoms with Crippen LogP contribution in [0.1, 0.15) is 5.69 Å². The quantitative estimate of drug-likeness (QED) is 0.813. The summed E-state index contributed by atoms with van der Waals surface area (Å²) >= 11 is 12.0. The fourth-order valence-corrected chi connectivity index (χ4v) is 2.73. The van der Waals surface area contributed by atoms with Gasteiger partial charge in [-0.2, -0.15) is 4.98 Å². The van der Waals surface area contributed by atoms with Crippen LogP contribution in [0.5, 0.6) is 0 Å². The number of hydrogen-bond donors (Lipinski definition) is 0. The summed E-state index contributed by atoms with van der Waals surface area (Å²) in [5, 5.41) is 0.793. The van der Waals surface area contributed by atoms with Gasteiger partial charge in [-0.25, -0.2) is 0 Å². The fraction of sp³-hybridized carbons (Fsp3) is 0.357. The molecular weight excluding hydrogens is 297 g/mol. The maximum atomic E-state index is 6.23. The minimum Gasteiger partial charge on any atom is -0.432 e. The molecule has 106 valence electrons. The van der Waals surface area contributed by atoms with E-state index in [1.165, 1.54) is 0 Å². The third kappa shape index (κ3) is 2.72. The van der Waals surface area contributed by atoms with Gasteiger partial charge in [0.2, 0.25) is 0 Å². The van der Waals surface area contributed by atoms with Crippen LogP contribution in [0.15, 0.2) is 34.9 Å². The van der Waals surface area contributed by atoms with Crippen LogP contribution in [-0.4, -0.2) is 31.2 Å². The molecule has 3 rings (SSSR count). The van der Waals surface area contributed by atoms with Crippen LogP contribution in [0.2, 0.25) is 5.02 Å². The first-order valence-corrected chi connectivity index (χ1v) is 7.44. The summed E-state index contributed by atoms with van der Waals surface area (Å²) in [7, 11) is 0. The molecule has 2 heterocycles. The molecule has 0 unspecified atom stereocenters. The molecule has 1 aromatic carbocycles. The van der Waals surface area contributed by atoms with Gasteiger partial charge >= 0.3 is 0 Å². The van der Waals surface area contributed by atoms with Crippen LogP contribution in [-0.2, 0) is 5.88 Å². The minimum atomic E-state index is 0.378. The predicted molar refractivity (Wildman–Crippen MR) is 81.9 cm³/mol. The Bertz CT molecular complexity index is 579. The van der Waals surface area contributed by atoms with E-state index in [9.17, 15) is 0 Å². The molecule has 0 saturated carbocycles. The van der Waals surface area contributed by atoms with Crippen molar-refractivity contribution in [2.45, 2.75) is 5.88 Å². The maximum absolute atomic E-state index is 6.23. The highest BCUT2D eigenvalue weighted by molar-refractivity contribution is 6.33.